The lowest BCUT2D eigenvalue weighted by molar-refractivity contribution is -0.208. The maximum atomic E-state index is 12.4. The topological polar surface area (TPSA) is 58.4 Å². The van der Waals surface area contributed by atoms with Crippen LogP contribution in [-0.2, 0) is 6.54 Å². The molecule has 5 nitrogen and oxygen atoms in total. The average Bonchev–Trinajstić information content (AvgIpc) is 3.35. The van der Waals surface area contributed by atoms with Gasteiger partial charge in [0, 0.05) is 25.1 Å². The molecule has 1 aromatic rings. The van der Waals surface area contributed by atoms with Gasteiger partial charge < -0.3 is 10.0 Å². The smallest absolute Gasteiger partial charge is 0.382 e. The number of aliphatic hydroxyl groups excluding tert-OH is 1. The third kappa shape index (κ3) is 4.36. The number of piperidine rings is 1. The first-order valence-corrected chi connectivity index (χ1v) is 8.36. The van der Waals surface area contributed by atoms with Gasteiger partial charge in [-0.2, -0.15) is 13.2 Å². The zero-order valence-electron chi connectivity index (χ0n) is 13.4. The summed E-state index contributed by atoms with van der Waals surface area (Å²) in [5.74, 6) is 0.686. The number of β-amino-alcohol motifs (C(OH)–C–C–N with tert-alkyl or cyclic N) is 1. The second kappa shape index (κ2) is 6.84. The summed E-state index contributed by atoms with van der Waals surface area (Å²) in [6, 6.07) is 1.60. The number of rotatable bonds is 5. The van der Waals surface area contributed by atoms with Gasteiger partial charge in [-0.25, -0.2) is 4.98 Å². The Morgan fingerprint density at radius 2 is 1.92 bits per heavy atom. The van der Waals surface area contributed by atoms with Gasteiger partial charge in [-0.05, 0) is 44.7 Å². The predicted octanol–water partition coefficient (Wildman–Crippen LogP) is 1.76. The van der Waals surface area contributed by atoms with E-state index in [0.717, 1.165) is 18.5 Å². The average molecular weight is 345 g/mol. The molecule has 0 amide bonds. The highest BCUT2D eigenvalue weighted by molar-refractivity contribution is 5.12. The fourth-order valence-electron chi connectivity index (χ4n) is 3.16. The van der Waals surface area contributed by atoms with E-state index in [0.29, 0.717) is 38.4 Å². The van der Waals surface area contributed by atoms with E-state index in [2.05, 4.69) is 4.98 Å². The van der Waals surface area contributed by atoms with Crippen molar-refractivity contribution in [3.05, 3.63) is 28.4 Å². The molecule has 134 valence electrons. The quantitative estimate of drug-likeness (QED) is 0.883. The van der Waals surface area contributed by atoms with Crippen LogP contribution in [0.2, 0.25) is 0 Å². The van der Waals surface area contributed by atoms with Crippen molar-refractivity contribution in [1.29, 1.82) is 0 Å². The van der Waals surface area contributed by atoms with Gasteiger partial charge in [0.15, 0.2) is 6.10 Å². The molecule has 1 aliphatic carbocycles. The molecule has 2 aliphatic rings. The Kier molecular flexibility index (Phi) is 4.96. The van der Waals surface area contributed by atoms with E-state index in [9.17, 15) is 18.0 Å². The maximum Gasteiger partial charge on any atom is 0.415 e. The minimum Gasteiger partial charge on any atom is -0.382 e. The number of hydrogen-bond donors (Lipinski definition) is 1. The van der Waals surface area contributed by atoms with Crippen molar-refractivity contribution in [2.45, 2.75) is 50.4 Å². The van der Waals surface area contributed by atoms with Crippen LogP contribution in [0, 0.1) is 5.92 Å². The highest BCUT2D eigenvalue weighted by atomic mass is 19.4. The SMILES string of the molecule is O=c1cc(C2CC2)ncn1CC1CCN(CC(O)C(F)(F)F)CC1. The molecule has 0 radical (unpaired) electrons. The van der Waals surface area contributed by atoms with E-state index in [1.54, 1.807) is 21.9 Å². The van der Waals surface area contributed by atoms with Gasteiger partial charge in [-0.3, -0.25) is 9.36 Å². The first-order valence-electron chi connectivity index (χ1n) is 8.36. The summed E-state index contributed by atoms with van der Waals surface area (Å²) in [6.07, 6.45) is -1.66. The summed E-state index contributed by atoms with van der Waals surface area (Å²) < 4.78 is 38.7. The molecule has 2 heterocycles. The van der Waals surface area contributed by atoms with Gasteiger partial charge in [-0.1, -0.05) is 0 Å². The van der Waals surface area contributed by atoms with Gasteiger partial charge in [0.2, 0.25) is 0 Å². The Morgan fingerprint density at radius 1 is 1.25 bits per heavy atom. The van der Waals surface area contributed by atoms with Crippen molar-refractivity contribution in [2.24, 2.45) is 5.92 Å². The lowest BCUT2D eigenvalue weighted by Crippen LogP contribution is -2.44. The molecular formula is C16H22F3N3O2. The maximum absolute atomic E-state index is 12.4. The fourth-order valence-corrected chi connectivity index (χ4v) is 3.16. The Labute approximate surface area is 138 Å². The number of nitrogens with zero attached hydrogens (tertiary/aromatic N) is 3. The second-order valence-corrected chi connectivity index (χ2v) is 6.88. The standard InChI is InChI=1S/C16H22F3N3O2/c17-16(18,19)14(23)9-21-5-3-11(4-6-21)8-22-10-20-13(7-15(22)24)12-1-2-12/h7,10-12,14,23H,1-6,8-9H2. The summed E-state index contributed by atoms with van der Waals surface area (Å²) >= 11 is 0. The Bertz CT molecular complexity index is 620. The van der Waals surface area contributed by atoms with Crippen LogP contribution in [0.4, 0.5) is 13.2 Å². The molecule has 8 heteroatoms. The van der Waals surface area contributed by atoms with Crippen molar-refractivity contribution in [3.8, 4) is 0 Å². The molecular weight excluding hydrogens is 323 g/mol. The molecule has 0 bridgehead atoms. The third-order valence-electron chi connectivity index (χ3n) is 4.87. The van der Waals surface area contributed by atoms with E-state index in [1.807, 2.05) is 0 Å². The first kappa shape index (κ1) is 17.4. The second-order valence-electron chi connectivity index (χ2n) is 6.88. The van der Waals surface area contributed by atoms with Crippen LogP contribution in [0.3, 0.4) is 0 Å². The minimum absolute atomic E-state index is 0.0539. The highest BCUT2D eigenvalue weighted by Gasteiger charge is 2.39. The normalized spacial score (nSPS) is 21.8. The van der Waals surface area contributed by atoms with Crippen molar-refractivity contribution in [3.63, 3.8) is 0 Å². The van der Waals surface area contributed by atoms with Gasteiger partial charge in [-0.15, -0.1) is 0 Å². The van der Waals surface area contributed by atoms with Crippen molar-refractivity contribution in [1.82, 2.24) is 14.5 Å². The summed E-state index contributed by atoms with van der Waals surface area (Å²) in [6.45, 7) is 1.17. The zero-order valence-corrected chi connectivity index (χ0v) is 13.4. The van der Waals surface area contributed by atoms with E-state index in [4.69, 9.17) is 5.11 Å². The molecule has 1 atom stereocenters. The predicted molar refractivity (Wildman–Crippen MR) is 81.7 cm³/mol. The van der Waals surface area contributed by atoms with E-state index < -0.39 is 12.3 Å². The summed E-state index contributed by atoms with van der Waals surface area (Å²) in [5.41, 5.74) is 0.814. The van der Waals surface area contributed by atoms with Gasteiger partial charge in [0.25, 0.3) is 5.56 Å². The third-order valence-corrected chi connectivity index (χ3v) is 4.87. The van der Waals surface area contributed by atoms with Crippen LogP contribution in [0.25, 0.3) is 0 Å². The van der Waals surface area contributed by atoms with Crippen LogP contribution in [0.5, 0.6) is 0 Å². The van der Waals surface area contributed by atoms with Gasteiger partial charge in [0.05, 0.1) is 12.0 Å². The van der Waals surface area contributed by atoms with Gasteiger partial charge in [0.1, 0.15) is 0 Å². The molecule has 1 unspecified atom stereocenters. The fraction of sp³-hybridized carbons (Fsp3) is 0.750. The molecule has 0 spiro atoms. The monoisotopic (exact) mass is 345 g/mol. The molecule has 1 saturated carbocycles. The van der Waals surface area contributed by atoms with E-state index >= 15 is 0 Å². The number of aliphatic hydroxyl groups is 1. The molecule has 24 heavy (non-hydrogen) atoms. The molecule has 1 aromatic heterocycles. The Hall–Kier alpha value is -1.41. The molecule has 1 aliphatic heterocycles. The minimum atomic E-state index is -4.57. The number of likely N-dealkylation sites (tertiary alicyclic amines) is 1. The summed E-state index contributed by atoms with van der Waals surface area (Å²) in [7, 11) is 0. The molecule has 1 saturated heterocycles. The summed E-state index contributed by atoms with van der Waals surface area (Å²) in [4.78, 5) is 18.1. The molecule has 2 fully saturated rings. The van der Waals surface area contributed by atoms with Crippen LogP contribution in [0.15, 0.2) is 17.2 Å². The first-order chi connectivity index (χ1) is 11.3. The van der Waals surface area contributed by atoms with Crippen molar-refractivity contribution in [2.75, 3.05) is 19.6 Å². The van der Waals surface area contributed by atoms with Crippen molar-refractivity contribution >= 4 is 0 Å². The lowest BCUT2D eigenvalue weighted by Gasteiger charge is -2.33. The van der Waals surface area contributed by atoms with E-state index in [-0.39, 0.29) is 18.0 Å². The molecule has 0 aromatic carbocycles. The largest absolute Gasteiger partial charge is 0.415 e. The molecule has 1 N–H and O–H groups in total. The lowest BCUT2D eigenvalue weighted by atomic mass is 9.96. The number of halogens is 3. The highest BCUT2D eigenvalue weighted by Crippen LogP contribution is 2.38. The zero-order chi connectivity index (χ0) is 17.3. The number of aromatic nitrogens is 2. The van der Waals surface area contributed by atoms with Crippen LogP contribution in [0.1, 0.15) is 37.3 Å². The number of hydrogen-bond acceptors (Lipinski definition) is 4. The number of alkyl halides is 3. The van der Waals surface area contributed by atoms with Crippen LogP contribution < -0.4 is 5.56 Å². The van der Waals surface area contributed by atoms with Crippen LogP contribution >= 0.6 is 0 Å². The Balaban J connectivity index is 1.49. The van der Waals surface area contributed by atoms with Crippen LogP contribution in [-0.4, -0.2) is 51.5 Å². The Morgan fingerprint density at radius 3 is 2.46 bits per heavy atom. The van der Waals surface area contributed by atoms with Crippen molar-refractivity contribution < 1.29 is 18.3 Å². The van der Waals surface area contributed by atoms with Gasteiger partial charge >= 0.3 is 6.18 Å². The summed E-state index contributed by atoms with van der Waals surface area (Å²) in [5, 5.41) is 9.13. The molecule has 3 rings (SSSR count). The van der Waals surface area contributed by atoms with E-state index in [1.165, 1.54) is 0 Å².